The van der Waals surface area contributed by atoms with E-state index in [9.17, 15) is 9.18 Å². The van der Waals surface area contributed by atoms with Gasteiger partial charge in [0.05, 0.1) is 24.5 Å². The van der Waals surface area contributed by atoms with Crippen molar-refractivity contribution in [2.24, 2.45) is 5.73 Å². The molecule has 1 unspecified atom stereocenters. The lowest BCUT2D eigenvalue weighted by atomic mass is 10.1. The zero-order chi connectivity index (χ0) is 14.7. The highest BCUT2D eigenvalue weighted by Gasteiger charge is 2.31. The van der Waals surface area contributed by atoms with Crippen LogP contribution in [0, 0.1) is 5.82 Å². The number of benzene rings is 1. The number of morpholine rings is 1. The Hall–Kier alpha value is -1.73. The van der Waals surface area contributed by atoms with Crippen LogP contribution in [0.5, 0.6) is 0 Å². The zero-order valence-corrected chi connectivity index (χ0v) is 11.9. The standard InChI is InChI=1S/C13H16FN3O2S/c1-16-13(18)10-7-19-6-5-17(10)9-4-2-3-8(14)11(9)12(15)20/h2-4,10H,5-7H2,1H3,(H2,15,20)(H,16,18). The number of likely N-dealkylation sites (N-methyl/N-ethyl adjacent to an activating group) is 1. The van der Waals surface area contributed by atoms with Crippen LogP contribution in [0.4, 0.5) is 10.1 Å². The average molecular weight is 297 g/mol. The molecule has 1 amide bonds. The van der Waals surface area contributed by atoms with E-state index in [2.05, 4.69) is 5.32 Å². The van der Waals surface area contributed by atoms with Crippen LogP contribution >= 0.6 is 12.2 Å². The maximum atomic E-state index is 13.9. The summed E-state index contributed by atoms with van der Waals surface area (Å²) in [6, 6.07) is 4.05. The number of carbonyl (C=O) groups excluding carboxylic acids is 1. The third-order valence-electron chi connectivity index (χ3n) is 3.22. The summed E-state index contributed by atoms with van der Waals surface area (Å²) in [5.74, 6) is -0.681. The first-order valence-corrected chi connectivity index (χ1v) is 6.61. The molecule has 0 saturated carbocycles. The van der Waals surface area contributed by atoms with Crippen LogP contribution in [0.2, 0.25) is 0 Å². The number of rotatable bonds is 3. The zero-order valence-electron chi connectivity index (χ0n) is 11.1. The lowest BCUT2D eigenvalue weighted by Crippen LogP contribution is -2.54. The molecule has 0 spiro atoms. The van der Waals surface area contributed by atoms with E-state index in [1.807, 2.05) is 0 Å². The summed E-state index contributed by atoms with van der Waals surface area (Å²) in [5.41, 5.74) is 6.30. The van der Waals surface area contributed by atoms with Crippen molar-refractivity contribution in [3.8, 4) is 0 Å². The van der Waals surface area contributed by atoms with E-state index in [4.69, 9.17) is 22.7 Å². The first kappa shape index (κ1) is 14.7. The van der Waals surface area contributed by atoms with Gasteiger partial charge in [0, 0.05) is 13.6 Å². The second-order valence-electron chi connectivity index (χ2n) is 4.40. The van der Waals surface area contributed by atoms with Crippen LogP contribution in [-0.2, 0) is 9.53 Å². The molecular formula is C13H16FN3O2S. The minimum atomic E-state index is -0.524. The van der Waals surface area contributed by atoms with E-state index in [1.54, 1.807) is 24.1 Å². The number of amides is 1. The monoisotopic (exact) mass is 297 g/mol. The highest BCUT2D eigenvalue weighted by molar-refractivity contribution is 7.80. The van der Waals surface area contributed by atoms with Crippen molar-refractivity contribution >= 4 is 28.8 Å². The molecular weight excluding hydrogens is 281 g/mol. The summed E-state index contributed by atoms with van der Waals surface area (Å²) in [5, 5.41) is 2.58. The summed E-state index contributed by atoms with van der Waals surface area (Å²) in [7, 11) is 1.55. The van der Waals surface area contributed by atoms with Gasteiger partial charge >= 0.3 is 0 Å². The van der Waals surface area contributed by atoms with Crippen LogP contribution in [0.15, 0.2) is 18.2 Å². The second kappa shape index (κ2) is 6.15. The minimum absolute atomic E-state index is 0.0275. The van der Waals surface area contributed by atoms with Gasteiger partial charge in [-0.25, -0.2) is 4.39 Å². The Balaban J connectivity index is 2.45. The minimum Gasteiger partial charge on any atom is -0.389 e. The van der Waals surface area contributed by atoms with Crippen LogP contribution in [0.1, 0.15) is 5.56 Å². The summed E-state index contributed by atoms with van der Waals surface area (Å²) >= 11 is 4.92. The van der Waals surface area contributed by atoms with E-state index in [-0.39, 0.29) is 23.1 Å². The highest BCUT2D eigenvalue weighted by atomic mass is 32.1. The van der Waals surface area contributed by atoms with Crippen molar-refractivity contribution in [2.45, 2.75) is 6.04 Å². The molecule has 1 fully saturated rings. The number of anilines is 1. The quantitative estimate of drug-likeness (QED) is 0.791. The van der Waals surface area contributed by atoms with Gasteiger partial charge in [0.15, 0.2) is 0 Å². The Morgan fingerprint density at radius 2 is 2.35 bits per heavy atom. The fraction of sp³-hybridized carbons (Fsp3) is 0.385. The summed E-state index contributed by atoms with van der Waals surface area (Å²) in [6.07, 6.45) is 0. The van der Waals surface area contributed by atoms with Crippen LogP contribution in [0.25, 0.3) is 0 Å². The molecule has 0 bridgehead atoms. The Labute approximate surface area is 121 Å². The van der Waals surface area contributed by atoms with Crippen molar-refractivity contribution < 1.29 is 13.9 Å². The summed E-state index contributed by atoms with van der Waals surface area (Å²) in [6.45, 7) is 1.17. The van der Waals surface area contributed by atoms with E-state index >= 15 is 0 Å². The maximum Gasteiger partial charge on any atom is 0.244 e. The van der Waals surface area contributed by atoms with E-state index in [0.717, 1.165) is 0 Å². The SMILES string of the molecule is CNC(=O)C1COCCN1c1cccc(F)c1C(N)=S. The van der Waals surface area contributed by atoms with Crippen molar-refractivity contribution in [3.63, 3.8) is 0 Å². The van der Waals surface area contributed by atoms with Gasteiger partial charge in [-0.1, -0.05) is 18.3 Å². The molecule has 3 N–H and O–H groups in total. The van der Waals surface area contributed by atoms with Gasteiger partial charge in [-0.3, -0.25) is 4.79 Å². The van der Waals surface area contributed by atoms with Crippen molar-refractivity contribution in [3.05, 3.63) is 29.6 Å². The molecule has 1 heterocycles. The van der Waals surface area contributed by atoms with E-state index in [0.29, 0.717) is 18.8 Å². The number of hydrogen-bond donors (Lipinski definition) is 2. The topological polar surface area (TPSA) is 67.6 Å². The summed E-state index contributed by atoms with van der Waals surface area (Å²) in [4.78, 5) is 13.7. The molecule has 1 aromatic rings. The lowest BCUT2D eigenvalue weighted by Gasteiger charge is -2.37. The predicted octanol–water partition coefficient (Wildman–Crippen LogP) is 0.411. The van der Waals surface area contributed by atoms with Gasteiger partial charge in [0.2, 0.25) is 5.91 Å². The fourth-order valence-electron chi connectivity index (χ4n) is 2.27. The number of thiocarbonyl (C=S) groups is 1. The van der Waals surface area contributed by atoms with Gasteiger partial charge in [-0.05, 0) is 12.1 Å². The molecule has 0 aromatic heterocycles. The Morgan fingerprint density at radius 1 is 1.60 bits per heavy atom. The molecule has 2 rings (SSSR count). The molecule has 1 saturated heterocycles. The number of ether oxygens (including phenoxy) is 1. The molecule has 1 aliphatic rings. The molecule has 1 aromatic carbocycles. The van der Waals surface area contributed by atoms with Gasteiger partial charge in [-0.2, -0.15) is 0 Å². The average Bonchev–Trinajstić information content (AvgIpc) is 2.45. The molecule has 20 heavy (non-hydrogen) atoms. The third kappa shape index (κ3) is 2.73. The fourth-order valence-corrected chi connectivity index (χ4v) is 2.47. The molecule has 0 radical (unpaired) electrons. The Morgan fingerprint density at radius 3 is 3.00 bits per heavy atom. The molecule has 5 nitrogen and oxygen atoms in total. The van der Waals surface area contributed by atoms with Gasteiger partial charge in [0.25, 0.3) is 0 Å². The van der Waals surface area contributed by atoms with Crippen LogP contribution in [-0.4, -0.2) is 43.7 Å². The molecule has 1 aliphatic heterocycles. The lowest BCUT2D eigenvalue weighted by molar-refractivity contribution is -0.124. The molecule has 7 heteroatoms. The number of halogens is 1. The number of nitrogens with zero attached hydrogens (tertiary/aromatic N) is 1. The smallest absolute Gasteiger partial charge is 0.244 e. The van der Waals surface area contributed by atoms with Gasteiger partial charge in [0.1, 0.15) is 16.8 Å². The maximum absolute atomic E-state index is 13.9. The Kier molecular flexibility index (Phi) is 4.51. The number of nitrogens with two attached hydrogens (primary N) is 1. The number of hydrogen-bond acceptors (Lipinski definition) is 4. The van der Waals surface area contributed by atoms with Gasteiger partial charge in [-0.15, -0.1) is 0 Å². The van der Waals surface area contributed by atoms with Crippen molar-refractivity contribution in [1.29, 1.82) is 0 Å². The van der Waals surface area contributed by atoms with Crippen LogP contribution < -0.4 is 16.0 Å². The van der Waals surface area contributed by atoms with E-state index in [1.165, 1.54) is 6.07 Å². The van der Waals surface area contributed by atoms with Crippen LogP contribution in [0.3, 0.4) is 0 Å². The Bertz CT molecular complexity index is 538. The third-order valence-corrected chi connectivity index (χ3v) is 3.43. The summed E-state index contributed by atoms with van der Waals surface area (Å²) < 4.78 is 19.3. The number of nitrogens with one attached hydrogen (secondary N) is 1. The van der Waals surface area contributed by atoms with Gasteiger partial charge < -0.3 is 20.7 Å². The predicted molar refractivity (Wildman–Crippen MR) is 78.3 cm³/mol. The number of carbonyl (C=O) groups is 1. The normalized spacial score (nSPS) is 18.7. The molecule has 1 atom stereocenters. The first-order valence-electron chi connectivity index (χ1n) is 6.20. The second-order valence-corrected chi connectivity index (χ2v) is 4.84. The largest absolute Gasteiger partial charge is 0.389 e. The molecule has 0 aliphatic carbocycles. The highest BCUT2D eigenvalue weighted by Crippen LogP contribution is 2.26. The molecule has 108 valence electrons. The van der Waals surface area contributed by atoms with Crippen molar-refractivity contribution in [1.82, 2.24) is 5.32 Å². The first-order chi connectivity index (χ1) is 9.56. The van der Waals surface area contributed by atoms with Crippen molar-refractivity contribution in [2.75, 3.05) is 31.7 Å². The van der Waals surface area contributed by atoms with E-state index < -0.39 is 11.9 Å².